The Kier molecular flexibility index (Phi) is 5.21. The van der Waals surface area contributed by atoms with Gasteiger partial charge in [-0.25, -0.2) is 4.68 Å². The molecule has 3 rings (SSSR count). The predicted octanol–water partition coefficient (Wildman–Crippen LogP) is 2.89. The van der Waals surface area contributed by atoms with Crippen molar-refractivity contribution in [1.82, 2.24) is 9.78 Å². The van der Waals surface area contributed by atoms with Crippen molar-refractivity contribution in [2.75, 3.05) is 19.5 Å². The lowest BCUT2D eigenvalue weighted by atomic mass is 10.0. The maximum atomic E-state index is 12.9. The molecular weight excluding hydrogens is 362 g/mol. The molecule has 2 aromatic heterocycles. The van der Waals surface area contributed by atoms with Crippen LogP contribution in [0.25, 0.3) is 11.5 Å². The number of rotatable bonds is 6. The van der Waals surface area contributed by atoms with Crippen molar-refractivity contribution in [1.29, 1.82) is 0 Å². The molecule has 146 valence electrons. The maximum absolute atomic E-state index is 12.9. The van der Waals surface area contributed by atoms with Crippen molar-refractivity contribution in [2.45, 2.75) is 19.4 Å². The van der Waals surface area contributed by atoms with Gasteiger partial charge >= 0.3 is 0 Å². The van der Waals surface area contributed by atoms with Gasteiger partial charge in [0.1, 0.15) is 11.2 Å². The van der Waals surface area contributed by atoms with Crippen molar-refractivity contribution in [3.63, 3.8) is 0 Å². The molecule has 0 aliphatic carbocycles. The fourth-order valence-electron chi connectivity index (χ4n) is 2.66. The van der Waals surface area contributed by atoms with Gasteiger partial charge in [-0.1, -0.05) is 0 Å². The molecule has 0 radical (unpaired) electrons. The minimum absolute atomic E-state index is 0.400. The van der Waals surface area contributed by atoms with Gasteiger partial charge in [0.2, 0.25) is 0 Å². The molecular formula is C20H21N3O5. The number of anilines is 1. The average molecular weight is 383 g/mol. The Morgan fingerprint density at radius 3 is 2.50 bits per heavy atom. The topological polar surface area (TPSA) is 95.6 Å². The third kappa shape index (κ3) is 3.62. The van der Waals surface area contributed by atoms with Crippen LogP contribution in [0.2, 0.25) is 0 Å². The molecule has 0 spiro atoms. The Morgan fingerprint density at radius 1 is 1.11 bits per heavy atom. The number of nitrogens with zero attached hydrogens (tertiary/aromatic N) is 2. The standard InChI is InChI=1S/C20H21N3O5/c1-20(2,19(25)21-13-7-9-16(26-3)17(12-13)27-4)23-18(24)10-8-14(22-23)15-6-5-11-28-15/h5-12H,1-4H3,(H,21,25). The van der Waals surface area contributed by atoms with Crippen molar-refractivity contribution < 1.29 is 18.7 Å². The molecule has 0 saturated carbocycles. The highest BCUT2D eigenvalue weighted by Crippen LogP contribution is 2.30. The van der Waals surface area contributed by atoms with Crippen molar-refractivity contribution in [3.05, 3.63) is 59.1 Å². The Morgan fingerprint density at radius 2 is 1.86 bits per heavy atom. The number of hydrogen-bond donors (Lipinski definition) is 1. The largest absolute Gasteiger partial charge is 0.493 e. The molecule has 0 atom stereocenters. The molecule has 0 saturated heterocycles. The molecule has 28 heavy (non-hydrogen) atoms. The third-order valence-corrected chi connectivity index (χ3v) is 4.30. The Labute approximate surface area is 161 Å². The lowest BCUT2D eigenvalue weighted by Gasteiger charge is -2.25. The van der Waals surface area contributed by atoms with Crippen LogP contribution in [0.4, 0.5) is 5.69 Å². The summed E-state index contributed by atoms with van der Waals surface area (Å²) in [6.45, 7) is 3.23. The number of aromatic nitrogens is 2. The number of ether oxygens (including phenoxy) is 2. The zero-order valence-electron chi connectivity index (χ0n) is 16.1. The normalized spacial score (nSPS) is 11.1. The molecule has 0 aliphatic heterocycles. The van der Waals surface area contributed by atoms with E-state index in [-0.39, 0.29) is 0 Å². The van der Waals surface area contributed by atoms with E-state index in [9.17, 15) is 9.59 Å². The summed E-state index contributed by atoms with van der Waals surface area (Å²) in [4.78, 5) is 25.3. The first-order chi connectivity index (χ1) is 13.4. The van der Waals surface area contributed by atoms with Gasteiger partial charge in [0.25, 0.3) is 11.5 Å². The Bertz CT molecular complexity index is 1040. The van der Waals surface area contributed by atoms with Gasteiger partial charge in [0.15, 0.2) is 17.3 Å². The highest BCUT2D eigenvalue weighted by atomic mass is 16.5. The van der Waals surface area contributed by atoms with E-state index in [1.165, 1.54) is 26.5 Å². The summed E-state index contributed by atoms with van der Waals surface area (Å²) in [5, 5.41) is 7.11. The van der Waals surface area contributed by atoms with Crippen LogP contribution in [-0.2, 0) is 10.3 Å². The summed E-state index contributed by atoms with van der Waals surface area (Å²) in [5.41, 5.74) is -0.697. The highest BCUT2D eigenvalue weighted by Gasteiger charge is 2.32. The van der Waals surface area contributed by atoms with E-state index in [1.54, 1.807) is 50.2 Å². The first kappa shape index (κ1) is 19.2. The first-order valence-corrected chi connectivity index (χ1v) is 8.55. The summed E-state index contributed by atoms with van der Waals surface area (Å²) in [6.07, 6.45) is 1.52. The van der Waals surface area contributed by atoms with Gasteiger partial charge in [0, 0.05) is 17.8 Å². The van der Waals surface area contributed by atoms with Crippen molar-refractivity contribution in [2.24, 2.45) is 0 Å². The first-order valence-electron chi connectivity index (χ1n) is 8.55. The maximum Gasteiger partial charge on any atom is 0.267 e. The van der Waals surface area contributed by atoms with Crippen LogP contribution in [0.5, 0.6) is 11.5 Å². The summed E-state index contributed by atoms with van der Waals surface area (Å²) < 4.78 is 16.9. The van der Waals surface area contributed by atoms with E-state index in [4.69, 9.17) is 13.9 Å². The third-order valence-electron chi connectivity index (χ3n) is 4.30. The number of methoxy groups -OCH3 is 2. The Balaban J connectivity index is 1.91. The fourth-order valence-corrected chi connectivity index (χ4v) is 2.66. The number of hydrogen-bond acceptors (Lipinski definition) is 6. The molecule has 0 aliphatic rings. The summed E-state index contributed by atoms with van der Waals surface area (Å²) >= 11 is 0. The van der Waals surface area contributed by atoms with Crippen LogP contribution in [0.3, 0.4) is 0 Å². The van der Waals surface area contributed by atoms with E-state index >= 15 is 0 Å². The molecule has 1 amide bonds. The van der Waals surface area contributed by atoms with Crippen LogP contribution in [0.15, 0.2) is 57.9 Å². The highest BCUT2D eigenvalue weighted by molar-refractivity contribution is 5.96. The summed E-state index contributed by atoms with van der Waals surface area (Å²) in [6, 6.07) is 11.4. The minimum Gasteiger partial charge on any atom is -0.493 e. The molecule has 8 heteroatoms. The number of amides is 1. The zero-order valence-corrected chi connectivity index (χ0v) is 16.1. The SMILES string of the molecule is COc1ccc(NC(=O)C(C)(C)n2nc(-c3ccco3)ccc2=O)cc1OC. The molecule has 0 fully saturated rings. The number of benzene rings is 1. The van der Waals surface area contributed by atoms with Crippen molar-refractivity contribution >= 4 is 11.6 Å². The molecule has 0 bridgehead atoms. The van der Waals surface area contributed by atoms with E-state index < -0.39 is 17.0 Å². The fraction of sp³-hybridized carbons (Fsp3) is 0.250. The second kappa shape index (κ2) is 7.59. The second-order valence-corrected chi connectivity index (χ2v) is 6.53. The van der Waals surface area contributed by atoms with Gasteiger partial charge in [-0.3, -0.25) is 9.59 Å². The quantitative estimate of drug-likeness (QED) is 0.703. The molecule has 3 aromatic rings. The van der Waals surface area contributed by atoms with Crippen LogP contribution in [0.1, 0.15) is 13.8 Å². The number of carbonyl (C=O) groups excluding carboxylic acids is 1. The molecule has 0 unspecified atom stereocenters. The van der Waals surface area contributed by atoms with Gasteiger partial charge in [-0.05, 0) is 44.2 Å². The number of furan rings is 1. The average Bonchev–Trinajstić information content (AvgIpc) is 3.22. The van der Waals surface area contributed by atoms with Gasteiger partial charge in [-0.15, -0.1) is 0 Å². The molecule has 1 N–H and O–H groups in total. The van der Waals surface area contributed by atoms with Crippen LogP contribution in [-0.4, -0.2) is 29.9 Å². The van der Waals surface area contributed by atoms with E-state index in [1.807, 2.05) is 0 Å². The summed E-state index contributed by atoms with van der Waals surface area (Å²) in [7, 11) is 3.04. The number of nitrogens with one attached hydrogen (secondary N) is 1. The smallest absolute Gasteiger partial charge is 0.267 e. The van der Waals surface area contributed by atoms with E-state index in [2.05, 4.69) is 10.4 Å². The molecule has 2 heterocycles. The minimum atomic E-state index is -1.26. The zero-order chi connectivity index (χ0) is 20.3. The van der Waals surface area contributed by atoms with Crippen LogP contribution >= 0.6 is 0 Å². The van der Waals surface area contributed by atoms with Crippen molar-refractivity contribution in [3.8, 4) is 23.0 Å². The summed E-state index contributed by atoms with van der Waals surface area (Å²) in [5.74, 6) is 1.12. The predicted molar refractivity (Wildman–Crippen MR) is 104 cm³/mol. The van der Waals surface area contributed by atoms with E-state index in [0.717, 1.165) is 4.68 Å². The lowest BCUT2D eigenvalue weighted by molar-refractivity contribution is -0.123. The lowest BCUT2D eigenvalue weighted by Crippen LogP contribution is -2.47. The van der Waals surface area contributed by atoms with Gasteiger partial charge in [0.05, 0.1) is 20.5 Å². The molecule has 1 aromatic carbocycles. The van der Waals surface area contributed by atoms with Crippen LogP contribution < -0.4 is 20.3 Å². The second-order valence-electron chi connectivity index (χ2n) is 6.53. The Hall–Kier alpha value is -3.55. The monoisotopic (exact) mass is 383 g/mol. The number of carbonyl (C=O) groups is 1. The molecule has 8 nitrogen and oxygen atoms in total. The van der Waals surface area contributed by atoms with Gasteiger partial charge < -0.3 is 19.2 Å². The van der Waals surface area contributed by atoms with E-state index in [0.29, 0.717) is 28.6 Å². The van der Waals surface area contributed by atoms with Gasteiger partial charge in [-0.2, -0.15) is 5.10 Å². The van der Waals surface area contributed by atoms with Crippen LogP contribution in [0, 0.1) is 0 Å².